The predicted octanol–water partition coefficient (Wildman–Crippen LogP) is 0.840. The van der Waals surface area contributed by atoms with E-state index in [0.29, 0.717) is 26.1 Å². The normalized spacial score (nSPS) is 19.6. The summed E-state index contributed by atoms with van der Waals surface area (Å²) >= 11 is 2.21. The average Bonchev–Trinajstić information content (AvgIpc) is 2.94. The molecule has 2 rings (SSSR count). The Labute approximate surface area is 131 Å². The fourth-order valence-electron chi connectivity index (χ4n) is 2.11. The lowest BCUT2D eigenvalue weighted by atomic mass is 10.0. The van der Waals surface area contributed by atoms with Crippen molar-refractivity contribution in [3.05, 3.63) is 33.4 Å². The lowest BCUT2D eigenvalue weighted by Gasteiger charge is -2.17. The van der Waals surface area contributed by atoms with E-state index in [4.69, 9.17) is 10.5 Å². The molecule has 0 aliphatic carbocycles. The first-order valence-electron chi connectivity index (χ1n) is 6.48. The number of ether oxygens (including phenoxy) is 1. The Morgan fingerprint density at radius 3 is 2.65 bits per heavy atom. The minimum absolute atomic E-state index is 0.156. The number of amides is 2. The van der Waals surface area contributed by atoms with Crippen molar-refractivity contribution in [1.29, 1.82) is 0 Å². The summed E-state index contributed by atoms with van der Waals surface area (Å²) < 4.78 is 6.29. The maximum Gasteiger partial charge on any atom is 0.240 e. The van der Waals surface area contributed by atoms with Crippen molar-refractivity contribution in [3.63, 3.8) is 0 Å². The summed E-state index contributed by atoms with van der Waals surface area (Å²) in [5, 5.41) is 2.73. The van der Waals surface area contributed by atoms with Gasteiger partial charge in [0.25, 0.3) is 0 Å². The van der Waals surface area contributed by atoms with Gasteiger partial charge in [-0.3, -0.25) is 9.59 Å². The van der Waals surface area contributed by atoms with E-state index in [0.717, 1.165) is 9.13 Å². The third-order valence-corrected chi connectivity index (χ3v) is 4.03. The summed E-state index contributed by atoms with van der Waals surface area (Å²) in [5.74, 6) is -0.846. The van der Waals surface area contributed by atoms with Gasteiger partial charge in [0.05, 0.1) is 12.5 Å². The number of rotatable bonds is 5. The standard InChI is InChI=1S/C14H17IN2O3/c15-11-3-1-9(2-4-11)7-12(13(16)18)17-14(19)10-5-6-20-8-10/h1-4,10,12H,5-8H2,(H2,16,18)(H,17,19)/t10-,12+/m0/s1. The molecule has 5 nitrogen and oxygen atoms in total. The lowest BCUT2D eigenvalue weighted by molar-refractivity contribution is -0.129. The molecule has 1 aliphatic heterocycles. The molecule has 0 spiro atoms. The molecule has 0 radical (unpaired) electrons. The number of primary amides is 1. The molecule has 1 aromatic carbocycles. The molecule has 1 saturated heterocycles. The molecule has 6 heteroatoms. The van der Waals surface area contributed by atoms with Gasteiger partial charge in [-0.1, -0.05) is 12.1 Å². The zero-order valence-electron chi connectivity index (χ0n) is 11.0. The smallest absolute Gasteiger partial charge is 0.240 e. The highest BCUT2D eigenvalue weighted by atomic mass is 127. The van der Waals surface area contributed by atoms with Crippen LogP contribution in [-0.2, 0) is 20.7 Å². The van der Waals surface area contributed by atoms with Crippen LogP contribution in [0.15, 0.2) is 24.3 Å². The zero-order valence-corrected chi connectivity index (χ0v) is 13.1. The number of hydrogen-bond donors (Lipinski definition) is 2. The van der Waals surface area contributed by atoms with E-state index in [9.17, 15) is 9.59 Å². The van der Waals surface area contributed by atoms with Crippen LogP contribution in [0.3, 0.4) is 0 Å². The molecule has 0 aromatic heterocycles. The van der Waals surface area contributed by atoms with Gasteiger partial charge in [0, 0.05) is 16.6 Å². The van der Waals surface area contributed by atoms with E-state index in [1.54, 1.807) is 0 Å². The molecule has 0 saturated carbocycles. The number of hydrogen-bond acceptors (Lipinski definition) is 3. The summed E-state index contributed by atoms with van der Waals surface area (Å²) in [7, 11) is 0. The molecule has 2 amide bonds. The Bertz CT molecular complexity index is 484. The van der Waals surface area contributed by atoms with Crippen LogP contribution in [0.25, 0.3) is 0 Å². The van der Waals surface area contributed by atoms with Crippen molar-refractivity contribution in [2.45, 2.75) is 18.9 Å². The molecular formula is C14H17IN2O3. The minimum atomic E-state index is -0.678. The quantitative estimate of drug-likeness (QED) is 0.734. The highest BCUT2D eigenvalue weighted by Gasteiger charge is 2.27. The van der Waals surface area contributed by atoms with Crippen LogP contribution in [-0.4, -0.2) is 31.1 Å². The van der Waals surface area contributed by atoms with Gasteiger partial charge in [0.1, 0.15) is 6.04 Å². The van der Waals surface area contributed by atoms with Crippen molar-refractivity contribution < 1.29 is 14.3 Å². The SMILES string of the molecule is NC(=O)[C@@H](Cc1ccc(I)cc1)NC(=O)[C@H]1CCOC1. The van der Waals surface area contributed by atoms with Crippen LogP contribution in [0.4, 0.5) is 0 Å². The van der Waals surface area contributed by atoms with E-state index in [1.165, 1.54) is 0 Å². The van der Waals surface area contributed by atoms with E-state index in [-0.39, 0.29) is 11.8 Å². The summed E-state index contributed by atoms with van der Waals surface area (Å²) in [5.41, 5.74) is 6.34. The second-order valence-corrected chi connectivity index (χ2v) is 6.10. The second kappa shape index (κ2) is 7.03. The van der Waals surface area contributed by atoms with Gasteiger partial charge >= 0.3 is 0 Å². The van der Waals surface area contributed by atoms with Gasteiger partial charge in [-0.25, -0.2) is 0 Å². The van der Waals surface area contributed by atoms with Crippen molar-refractivity contribution in [2.75, 3.05) is 13.2 Å². The van der Waals surface area contributed by atoms with Crippen LogP contribution in [0.1, 0.15) is 12.0 Å². The molecule has 3 N–H and O–H groups in total. The summed E-state index contributed by atoms with van der Waals surface area (Å²) in [6, 6.07) is 7.11. The van der Waals surface area contributed by atoms with Crippen molar-refractivity contribution >= 4 is 34.4 Å². The van der Waals surface area contributed by atoms with Gasteiger partial charge in [-0.05, 0) is 46.7 Å². The van der Waals surface area contributed by atoms with Gasteiger partial charge in [-0.15, -0.1) is 0 Å². The summed E-state index contributed by atoms with van der Waals surface area (Å²) in [4.78, 5) is 23.5. The van der Waals surface area contributed by atoms with Crippen molar-refractivity contribution in [1.82, 2.24) is 5.32 Å². The highest BCUT2D eigenvalue weighted by molar-refractivity contribution is 14.1. The molecule has 1 aromatic rings. The number of halogens is 1. The predicted molar refractivity (Wildman–Crippen MR) is 82.9 cm³/mol. The zero-order chi connectivity index (χ0) is 14.5. The molecule has 0 bridgehead atoms. The number of nitrogens with two attached hydrogens (primary N) is 1. The number of carbonyl (C=O) groups is 2. The van der Waals surface area contributed by atoms with Crippen LogP contribution >= 0.6 is 22.6 Å². The molecule has 20 heavy (non-hydrogen) atoms. The van der Waals surface area contributed by atoms with Crippen LogP contribution in [0.2, 0.25) is 0 Å². The first kappa shape index (κ1) is 15.2. The first-order chi connectivity index (χ1) is 9.56. The number of nitrogens with one attached hydrogen (secondary N) is 1. The average molecular weight is 388 g/mol. The van der Waals surface area contributed by atoms with Gasteiger partial charge < -0.3 is 15.8 Å². The van der Waals surface area contributed by atoms with Gasteiger partial charge in [-0.2, -0.15) is 0 Å². The number of carbonyl (C=O) groups excluding carboxylic acids is 2. The molecule has 1 aliphatic rings. The van der Waals surface area contributed by atoms with Crippen molar-refractivity contribution in [2.24, 2.45) is 11.7 Å². The summed E-state index contributed by atoms with van der Waals surface area (Å²) in [6.45, 7) is 1.01. The van der Waals surface area contributed by atoms with Gasteiger partial charge in [0.15, 0.2) is 0 Å². The van der Waals surface area contributed by atoms with Crippen LogP contribution < -0.4 is 11.1 Å². The second-order valence-electron chi connectivity index (χ2n) is 4.85. The van der Waals surface area contributed by atoms with Gasteiger partial charge in [0.2, 0.25) is 11.8 Å². The first-order valence-corrected chi connectivity index (χ1v) is 7.56. The third kappa shape index (κ3) is 4.17. The molecule has 1 heterocycles. The molecular weight excluding hydrogens is 371 g/mol. The fraction of sp³-hybridized carbons (Fsp3) is 0.429. The minimum Gasteiger partial charge on any atom is -0.381 e. The van der Waals surface area contributed by atoms with E-state index in [1.807, 2.05) is 24.3 Å². The maximum atomic E-state index is 12.0. The monoisotopic (exact) mass is 388 g/mol. The van der Waals surface area contributed by atoms with Crippen molar-refractivity contribution in [3.8, 4) is 0 Å². The maximum absolute atomic E-state index is 12.0. The van der Waals surface area contributed by atoms with Crippen LogP contribution in [0, 0.1) is 9.49 Å². The largest absolute Gasteiger partial charge is 0.381 e. The molecule has 0 unspecified atom stereocenters. The molecule has 108 valence electrons. The highest BCUT2D eigenvalue weighted by Crippen LogP contribution is 2.13. The number of benzene rings is 1. The molecule has 1 fully saturated rings. The Morgan fingerprint density at radius 1 is 1.40 bits per heavy atom. The third-order valence-electron chi connectivity index (χ3n) is 3.31. The Kier molecular flexibility index (Phi) is 5.36. The van der Waals surface area contributed by atoms with Crippen LogP contribution in [0.5, 0.6) is 0 Å². The topological polar surface area (TPSA) is 81.4 Å². The van der Waals surface area contributed by atoms with E-state index < -0.39 is 11.9 Å². The Hall–Kier alpha value is -1.15. The lowest BCUT2D eigenvalue weighted by Crippen LogP contribution is -2.48. The van der Waals surface area contributed by atoms with E-state index >= 15 is 0 Å². The summed E-state index contributed by atoms with van der Waals surface area (Å²) in [6.07, 6.45) is 1.10. The van der Waals surface area contributed by atoms with E-state index in [2.05, 4.69) is 27.9 Å². The Balaban J connectivity index is 1.98. The Morgan fingerprint density at radius 2 is 2.10 bits per heavy atom. The fourth-order valence-corrected chi connectivity index (χ4v) is 2.47. The molecule has 2 atom stereocenters.